The fraction of sp³-hybridized carbons (Fsp3) is 0.941. The Morgan fingerprint density at radius 1 is 1.12 bits per heavy atom. The molecule has 0 radical (unpaired) electrons. The summed E-state index contributed by atoms with van der Waals surface area (Å²) in [6, 6.07) is -0.0585. The lowest BCUT2D eigenvalue weighted by Crippen LogP contribution is -2.57. The first-order chi connectivity index (χ1) is 10.5. The smallest absolute Gasteiger partial charge is 0.237 e. The molecule has 1 saturated heterocycles. The van der Waals surface area contributed by atoms with Crippen LogP contribution in [-0.2, 0) is 9.53 Å². The van der Waals surface area contributed by atoms with Gasteiger partial charge in [0.2, 0.25) is 5.91 Å². The number of nitrogens with zero attached hydrogens (tertiary/aromatic N) is 1. The van der Waals surface area contributed by atoms with E-state index in [-0.39, 0.29) is 42.3 Å². The van der Waals surface area contributed by atoms with Crippen LogP contribution in [0.1, 0.15) is 53.4 Å². The predicted molar refractivity (Wildman–Crippen MR) is 105 cm³/mol. The number of amides is 1. The Balaban J connectivity index is 0. The van der Waals surface area contributed by atoms with Gasteiger partial charge in [-0.3, -0.25) is 9.69 Å². The molecule has 1 aliphatic heterocycles. The normalized spacial score (nSPS) is 16.9. The Hall–Kier alpha value is -0.0700. The molecule has 1 unspecified atom stereocenters. The number of morpholine rings is 1. The van der Waals surface area contributed by atoms with Crippen molar-refractivity contribution < 1.29 is 9.53 Å². The van der Waals surface area contributed by atoms with E-state index in [1.807, 2.05) is 0 Å². The van der Waals surface area contributed by atoms with Crippen LogP contribution in [0.4, 0.5) is 0 Å². The first-order valence-corrected chi connectivity index (χ1v) is 8.89. The summed E-state index contributed by atoms with van der Waals surface area (Å²) in [5.41, 5.74) is 6.02. The minimum absolute atomic E-state index is 0. The van der Waals surface area contributed by atoms with Gasteiger partial charge in [-0.2, -0.15) is 0 Å². The van der Waals surface area contributed by atoms with E-state index in [9.17, 15) is 4.79 Å². The molecule has 0 aromatic carbocycles. The van der Waals surface area contributed by atoms with Gasteiger partial charge in [-0.25, -0.2) is 0 Å². The molecule has 1 heterocycles. The fourth-order valence-corrected chi connectivity index (χ4v) is 3.14. The third kappa shape index (κ3) is 7.44. The summed E-state index contributed by atoms with van der Waals surface area (Å²) >= 11 is 0. The van der Waals surface area contributed by atoms with E-state index in [1.54, 1.807) is 0 Å². The van der Waals surface area contributed by atoms with Crippen molar-refractivity contribution in [3.05, 3.63) is 0 Å². The number of ether oxygens (including phenoxy) is 1. The Kier molecular flexibility index (Phi) is 14.4. The first kappa shape index (κ1) is 26.2. The number of hydrogen-bond acceptors (Lipinski definition) is 4. The molecule has 0 spiro atoms. The minimum atomic E-state index is -0.293. The molecule has 146 valence electrons. The average molecular weight is 386 g/mol. The molecule has 1 fully saturated rings. The highest BCUT2D eigenvalue weighted by molar-refractivity contribution is 5.85. The maximum absolute atomic E-state index is 12.8. The third-order valence-corrected chi connectivity index (χ3v) is 5.23. The summed E-state index contributed by atoms with van der Waals surface area (Å²) < 4.78 is 5.43. The van der Waals surface area contributed by atoms with Crippen molar-refractivity contribution in [1.29, 1.82) is 0 Å². The molecule has 5 nitrogen and oxygen atoms in total. The number of carbonyl (C=O) groups excluding carboxylic acids is 1. The highest BCUT2D eigenvalue weighted by atomic mass is 35.5. The van der Waals surface area contributed by atoms with Gasteiger partial charge in [0.05, 0.1) is 19.3 Å². The van der Waals surface area contributed by atoms with Gasteiger partial charge in [0.1, 0.15) is 0 Å². The van der Waals surface area contributed by atoms with E-state index in [1.165, 1.54) is 0 Å². The zero-order valence-corrected chi connectivity index (χ0v) is 17.3. The molecule has 1 amide bonds. The van der Waals surface area contributed by atoms with Crippen LogP contribution >= 0.6 is 24.8 Å². The topological polar surface area (TPSA) is 67.6 Å². The molecule has 1 atom stereocenters. The molecule has 24 heavy (non-hydrogen) atoms. The lowest BCUT2D eigenvalue weighted by molar-refractivity contribution is -0.131. The second-order valence-corrected chi connectivity index (χ2v) is 6.46. The van der Waals surface area contributed by atoms with Crippen molar-refractivity contribution in [2.45, 2.75) is 65.0 Å². The van der Waals surface area contributed by atoms with Crippen LogP contribution in [0.3, 0.4) is 0 Å². The quantitative estimate of drug-likeness (QED) is 0.639. The van der Waals surface area contributed by atoms with E-state index in [0.29, 0.717) is 25.7 Å². The molecule has 1 aliphatic rings. The van der Waals surface area contributed by atoms with E-state index < -0.39 is 0 Å². The van der Waals surface area contributed by atoms with Crippen molar-refractivity contribution in [2.24, 2.45) is 11.7 Å². The molecule has 3 N–H and O–H groups in total. The second-order valence-electron chi connectivity index (χ2n) is 6.46. The zero-order chi connectivity index (χ0) is 16.6. The SMILES string of the molecule is CCC(CC)C(C(=O)NCC(N)(CC)CC)N1CCOCC1.Cl.Cl. The highest BCUT2D eigenvalue weighted by Crippen LogP contribution is 2.21. The molecule has 0 saturated carbocycles. The van der Waals surface area contributed by atoms with Gasteiger partial charge in [-0.15, -0.1) is 24.8 Å². The fourth-order valence-electron chi connectivity index (χ4n) is 3.14. The Morgan fingerprint density at radius 3 is 2.04 bits per heavy atom. The van der Waals surface area contributed by atoms with E-state index >= 15 is 0 Å². The van der Waals surface area contributed by atoms with Gasteiger partial charge in [-0.05, 0) is 18.8 Å². The Labute approximate surface area is 160 Å². The van der Waals surface area contributed by atoms with Crippen LogP contribution in [0.15, 0.2) is 0 Å². The number of rotatable bonds is 9. The summed E-state index contributed by atoms with van der Waals surface area (Å²) in [6.07, 6.45) is 3.77. The van der Waals surface area contributed by atoms with Gasteiger partial charge in [0.25, 0.3) is 0 Å². The van der Waals surface area contributed by atoms with Crippen LogP contribution in [0.5, 0.6) is 0 Å². The first-order valence-electron chi connectivity index (χ1n) is 8.89. The van der Waals surface area contributed by atoms with E-state index in [0.717, 1.165) is 38.8 Å². The number of nitrogens with one attached hydrogen (secondary N) is 1. The van der Waals surface area contributed by atoms with Gasteiger partial charge in [0.15, 0.2) is 0 Å². The van der Waals surface area contributed by atoms with Crippen LogP contribution < -0.4 is 11.1 Å². The molecule has 0 aromatic rings. The van der Waals surface area contributed by atoms with Gasteiger partial charge in [-0.1, -0.05) is 40.5 Å². The summed E-state index contributed by atoms with van der Waals surface area (Å²) in [5, 5.41) is 3.13. The molecular weight excluding hydrogens is 349 g/mol. The van der Waals surface area contributed by atoms with Gasteiger partial charge in [0, 0.05) is 25.2 Å². The van der Waals surface area contributed by atoms with Crippen molar-refractivity contribution in [3.8, 4) is 0 Å². The van der Waals surface area contributed by atoms with Crippen LogP contribution in [0, 0.1) is 5.92 Å². The number of nitrogens with two attached hydrogens (primary N) is 1. The molecule has 0 aliphatic carbocycles. The maximum Gasteiger partial charge on any atom is 0.237 e. The van der Waals surface area contributed by atoms with Crippen LogP contribution in [0.2, 0.25) is 0 Å². The van der Waals surface area contributed by atoms with Gasteiger partial charge >= 0.3 is 0 Å². The lowest BCUT2D eigenvalue weighted by atomic mass is 9.90. The molecule has 0 aromatic heterocycles. The highest BCUT2D eigenvalue weighted by Gasteiger charge is 2.33. The van der Waals surface area contributed by atoms with Crippen molar-refractivity contribution in [2.75, 3.05) is 32.8 Å². The van der Waals surface area contributed by atoms with E-state index in [4.69, 9.17) is 10.5 Å². The molecule has 7 heteroatoms. The average Bonchev–Trinajstić information content (AvgIpc) is 2.57. The standard InChI is InChI=1S/C17H35N3O2.2ClH/c1-5-14(6-2)15(20-9-11-22-12-10-20)16(21)19-13-17(18,7-3)8-4;;/h14-15H,5-13,18H2,1-4H3,(H,19,21);2*1H. The number of hydrogen-bond donors (Lipinski definition) is 2. The third-order valence-electron chi connectivity index (χ3n) is 5.23. The molecule has 0 bridgehead atoms. The second kappa shape index (κ2) is 13.2. The predicted octanol–water partition coefficient (Wildman–Crippen LogP) is 2.60. The summed E-state index contributed by atoms with van der Waals surface area (Å²) in [5.74, 6) is 0.515. The number of halogens is 2. The maximum atomic E-state index is 12.8. The van der Waals surface area contributed by atoms with Crippen LogP contribution in [-0.4, -0.2) is 55.2 Å². The summed E-state index contributed by atoms with van der Waals surface area (Å²) in [7, 11) is 0. The van der Waals surface area contributed by atoms with Gasteiger partial charge < -0.3 is 15.8 Å². The lowest BCUT2D eigenvalue weighted by Gasteiger charge is -2.38. The molecule has 1 rings (SSSR count). The monoisotopic (exact) mass is 385 g/mol. The van der Waals surface area contributed by atoms with Crippen molar-refractivity contribution in [1.82, 2.24) is 10.2 Å². The van der Waals surface area contributed by atoms with Crippen molar-refractivity contribution in [3.63, 3.8) is 0 Å². The zero-order valence-electron chi connectivity index (χ0n) is 15.7. The number of carbonyl (C=O) groups is 1. The van der Waals surface area contributed by atoms with E-state index in [2.05, 4.69) is 37.9 Å². The summed E-state index contributed by atoms with van der Waals surface area (Å²) in [6.45, 7) is 12.2. The summed E-state index contributed by atoms with van der Waals surface area (Å²) in [4.78, 5) is 15.1. The Bertz CT molecular complexity index is 332. The molecular formula is C17H37Cl2N3O2. The minimum Gasteiger partial charge on any atom is -0.379 e. The van der Waals surface area contributed by atoms with Crippen LogP contribution in [0.25, 0.3) is 0 Å². The largest absolute Gasteiger partial charge is 0.379 e. The Morgan fingerprint density at radius 2 is 1.62 bits per heavy atom. The van der Waals surface area contributed by atoms with Crippen molar-refractivity contribution >= 4 is 30.7 Å².